The second kappa shape index (κ2) is 6.44. The van der Waals surface area contributed by atoms with Gasteiger partial charge in [-0.15, -0.1) is 0 Å². The number of benzene rings is 2. The Morgan fingerprint density at radius 3 is 2.68 bits per heavy atom. The van der Waals surface area contributed by atoms with Crippen molar-refractivity contribution in [3.8, 4) is 5.75 Å². The fraction of sp³-hybridized carbons (Fsp3) is 0.0625. The molecule has 112 valence electrons. The number of nitrogens with zero attached hydrogens (tertiary/aromatic N) is 1. The smallest absolute Gasteiger partial charge is 0.156 e. The number of phenolic OH excluding ortho intramolecular Hbond substituents is 1. The second-order valence-corrected chi connectivity index (χ2v) is 6.90. The first-order chi connectivity index (χ1) is 10.5. The van der Waals surface area contributed by atoms with Crippen LogP contribution in [0.3, 0.4) is 0 Å². The first kappa shape index (κ1) is 15.6. The van der Waals surface area contributed by atoms with E-state index < -0.39 is 0 Å². The maximum atomic E-state index is 10.2. The Morgan fingerprint density at radius 1 is 1.09 bits per heavy atom. The molecule has 0 aliphatic carbocycles. The lowest BCUT2D eigenvalue weighted by molar-refractivity contribution is 0.477. The molecule has 0 amide bonds. The van der Waals surface area contributed by atoms with Crippen LogP contribution < -0.4 is 5.32 Å². The molecule has 0 radical (unpaired) electrons. The molecule has 1 aromatic heterocycles. The van der Waals surface area contributed by atoms with Crippen LogP contribution in [0.5, 0.6) is 5.75 Å². The van der Waals surface area contributed by atoms with E-state index in [0.717, 1.165) is 21.2 Å². The van der Waals surface area contributed by atoms with Crippen molar-refractivity contribution in [3.05, 3.63) is 62.1 Å². The van der Waals surface area contributed by atoms with Gasteiger partial charge in [0.25, 0.3) is 0 Å². The minimum absolute atomic E-state index is 0.141. The van der Waals surface area contributed by atoms with E-state index in [0.29, 0.717) is 21.6 Å². The van der Waals surface area contributed by atoms with Gasteiger partial charge in [-0.3, -0.25) is 0 Å². The molecule has 0 saturated heterocycles. The molecule has 3 nitrogen and oxygen atoms in total. The van der Waals surface area contributed by atoms with Crippen LogP contribution in [0.2, 0.25) is 5.02 Å². The average molecular weight is 443 g/mol. The van der Waals surface area contributed by atoms with Gasteiger partial charge in [-0.05, 0) is 52.3 Å². The van der Waals surface area contributed by atoms with E-state index in [1.54, 1.807) is 0 Å². The Bertz CT molecular complexity index is 855. The number of aromatic nitrogens is 1. The van der Waals surface area contributed by atoms with Crippen LogP contribution in [0, 0.1) is 0 Å². The first-order valence-electron chi connectivity index (χ1n) is 6.50. The van der Waals surface area contributed by atoms with Crippen LogP contribution in [0.15, 0.2) is 51.4 Å². The number of hydrogen-bond acceptors (Lipinski definition) is 3. The molecule has 2 N–H and O–H groups in total. The third-order valence-electron chi connectivity index (χ3n) is 3.21. The Labute approximate surface area is 149 Å². The quantitative estimate of drug-likeness (QED) is 0.544. The molecular weight excluding hydrogens is 431 g/mol. The van der Waals surface area contributed by atoms with Crippen molar-refractivity contribution >= 4 is 60.1 Å². The van der Waals surface area contributed by atoms with Crippen molar-refractivity contribution in [2.24, 2.45) is 0 Å². The van der Waals surface area contributed by atoms with Crippen molar-refractivity contribution < 1.29 is 5.11 Å². The fourth-order valence-corrected chi connectivity index (χ4v) is 3.60. The van der Waals surface area contributed by atoms with Crippen molar-refractivity contribution in [1.82, 2.24) is 4.98 Å². The summed E-state index contributed by atoms with van der Waals surface area (Å²) in [5.74, 6) is 0.141. The van der Waals surface area contributed by atoms with Crippen LogP contribution in [-0.2, 0) is 6.54 Å². The van der Waals surface area contributed by atoms with Gasteiger partial charge in [0.15, 0.2) is 5.75 Å². The molecule has 0 spiro atoms. The zero-order valence-electron chi connectivity index (χ0n) is 11.3. The van der Waals surface area contributed by atoms with Crippen LogP contribution in [0.4, 0.5) is 5.69 Å². The Balaban J connectivity index is 1.90. The number of aromatic hydroxyl groups is 1. The SMILES string of the molecule is Oc1c(Br)cc(Br)c2ccc(CNc3cccc(Cl)c3)nc12. The van der Waals surface area contributed by atoms with E-state index in [9.17, 15) is 5.11 Å². The fourth-order valence-electron chi connectivity index (χ4n) is 2.13. The van der Waals surface area contributed by atoms with Crippen molar-refractivity contribution in [2.45, 2.75) is 6.54 Å². The number of halogens is 3. The largest absolute Gasteiger partial charge is 0.505 e. The van der Waals surface area contributed by atoms with Gasteiger partial charge in [-0.25, -0.2) is 4.98 Å². The average Bonchev–Trinajstić information content (AvgIpc) is 2.50. The van der Waals surface area contributed by atoms with Gasteiger partial charge in [0.1, 0.15) is 5.52 Å². The highest BCUT2D eigenvalue weighted by Crippen LogP contribution is 2.36. The summed E-state index contributed by atoms with van der Waals surface area (Å²) < 4.78 is 1.49. The molecule has 0 bridgehead atoms. The maximum absolute atomic E-state index is 10.2. The minimum Gasteiger partial charge on any atom is -0.505 e. The van der Waals surface area contributed by atoms with Crippen molar-refractivity contribution in [3.63, 3.8) is 0 Å². The van der Waals surface area contributed by atoms with Crippen LogP contribution in [0.25, 0.3) is 10.9 Å². The molecule has 1 heterocycles. The first-order valence-corrected chi connectivity index (χ1v) is 8.47. The zero-order valence-corrected chi connectivity index (χ0v) is 15.2. The molecule has 0 aliphatic rings. The lowest BCUT2D eigenvalue weighted by Gasteiger charge is -2.09. The highest BCUT2D eigenvalue weighted by Gasteiger charge is 2.10. The lowest BCUT2D eigenvalue weighted by Crippen LogP contribution is -2.01. The molecule has 3 aromatic rings. The van der Waals surface area contributed by atoms with Crippen molar-refractivity contribution in [1.29, 1.82) is 0 Å². The van der Waals surface area contributed by atoms with Crippen LogP contribution in [0.1, 0.15) is 5.69 Å². The molecule has 3 rings (SSSR count). The third kappa shape index (κ3) is 3.21. The Kier molecular flexibility index (Phi) is 4.57. The van der Waals surface area contributed by atoms with E-state index in [1.807, 2.05) is 42.5 Å². The summed E-state index contributed by atoms with van der Waals surface area (Å²) in [7, 11) is 0. The summed E-state index contributed by atoms with van der Waals surface area (Å²) in [6.45, 7) is 0.542. The van der Waals surface area contributed by atoms with E-state index >= 15 is 0 Å². The van der Waals surface area contributed by atoms with Gasteiger partial charge < -0.3 is 10.4 Å². The monoisotopic (exact) mass is 440 g/mol. The van der Waals surface area contributed by atoms with E-state index in [1.165, 1.54) is 0 Å². The predicted molar refractivity (Wildman–Crippen MR) is 97.6 cm³/mol. The molecule has 0 unspecified atom stereocenters. The predicted octanol–water partition coefficient (Wildman–Crippen LogP) is 5.73. The highest BCUT2D eigenvalue weighted by molar-refractivity contribution is 9.11. The summed E-state index contributed by atoms with van der Waals surface area (Å²) in [4.78, 5) is 4.53. The van der Waals surface area contributed by atoms with Crippen LogP contribution in [-0.4, -0.2) is 10.1 Å². The number of nitrogens with one attached hydrogen (secondary N) is 1. The Morgan fingerprint density at radius 2 is 1.91 bits per heavy atom. The topological polar surface area (TPSA) is 45.1 Å². The standard InChI is InChI=1S/C16H11Br2ClN2O/c17-13-7-14(18)16(22)15-12(13)5-4-11(21-15)8-20-10-3-1-2-9(19)6-10/h1-7,20,22H,8H2. The molecule has 0 saturated carbocycles. The van der Waals surface area contributed by atoms with E-state index in [2.05, 4.69) is 42.2 Å². The molecule has 2 aromatic carbocycles. The number of hydrogen-bond donors (Lipinski definition) is 2. The minimum atomic E-state index is 0.141. The summed E-state index contributed by atoms with van der Waals surface area (Å²) in [6, 6.07) is 13.2. The molecule has 22 heavy (non-hydrogen) atoms. The lowest BCUT2D eigenvalue weighted by atomic mass is 10.2. The van der Waals surface area contributed by atoms with Gasteiger partial charge in [0.05, 0.1) is 16.7 Å². The number of fused-ring (bicyclic) bond motifs is 1. The van der Waals surface area contributed by atoms with Crippen LogP contribution >= 0.6 is 43.5 Å². The Hall–Kier alpha value is -1.30. The number of anilines is 1. The summed E-state index contributed by atoms with van der Waals surface area (Å²) in [5.41, 5.74) is 2.31. The van der Waals surface area contributed by atoms with Crippen molar-refractivity contribution in [2.75, 3.05) is 5.32 Å². The maximum Gasteiger partial charge on any atom is 0.156 e. The van der Waals surface area contributed by atoms with Gasteiger partial charge in [0, 0.05) is 20.6 Å². The molecular formula is C16H11Br2ClN2O. The molecule has 0 fully saturated rings. The highest BCUT2D eigenvalue weighted by atomic mass is 79.9. The number of phenols is 1. The summed E-state index contributed by atoms with van der Waals surface area (Å²) >= 11 is 12.8. The van der Waals surface area contributed by atoms with E-state index in [-0.39, 0.29) is 5.75 Å². The van der Waals surface area contributed by atoms with Gasteiger partial charge in [-0.2, -0.15) is 0 Å². The van der Waals surface area contributed by atoms with Gasteiger partial charge >= 0.3 is 0 Å². The zero-order chi connectivity index (χ0) is 15.7. The number of rotatable bonds is 3. The molecule has 6 heteroatoms. The second-order valence-electron chi connectivity index (χ2n) is 4.75. The molecule has 0 aliphatic heterocycles. The normalized spacial score (nSPS) is 10.9. The van der Waals surface area contributed by atoms with Gasteiger partial charge in [-0.1, -0.05) is 33.6 Å². The number of pyridine rings is 1. The summed E-state index contributed by atoms with van der Waals surface area (Å²) in [6.07, 6.45) is 0. The molecule has 0 atom stereocenters. The summed E-state index contributed by atoms with van der Waals surface area (Å²) in [5, 5.41) is 15.0. The van der Waals surface area contributed by atoms with Gasteiger partial charge in [0.2, 0.25) is 0 Å². The third-order valence-corrected chi connectivity index (χ3v) is 4.71. The van der Waals surface area contributed by atoms with E-state index in [4.69, 9.17) is 11.6 Å².